The quantitative estimate of drug-likeness (QED) is 0.631. The van der Waals surface area contributed by atoms with Crippen molar-refractivity contribution in [1.29, 1.82) is 0 Å². The molecule has 1 aliphatic rings. The first kappa shape index (κ1) is 17.7. The van der Waals surface area contributed by atoms with E-state index in [4.69, 9.17) is 10.5 Å². The Kier molecular flexibility index (Phi) is 5.08. The average Bonchev–Trinajstić information content (AvgIpc) is 3.24. The van der Waals surface area contributed by atoms with E-state index in [0.717, 1.165) is 12.1 Å². The molecule has 26 heavy (non-hydrogen) atoms. The third-order valence-electron chi connectivity index (χ3n) is 4.43. The zero-order chi connectivity index (χ0) is 18.7. The molecule has 138 valence electrons. The van der Waals surface area contributed by atoms with Gasteiger partial charge in [0.1, 0.15) is 5.75 Å². The van der Waals surface area contributed by atoms with E-state index in [0.29, 0.717) is 23.7 Å². The number of aryl methyl sites for hydroxylation is 1. The summed E-state index contributed by atoms with van der Waals surface area (Å²) in [5.74, 6) is 0.200. The van der Waals surface area contributed by atoms with E-state index in [1.807, 2.05) is 13.2 Å². The number of primary amides is 1. The smallest absolute Gasteiger partial charge is 0.316 e. The monoisotopic (exact) mass is 358 g/mol. The first-order valence-electron chi connectivity index (χ1n) is 8.22. The number of ether oxygens (including phenoxy) is 1. The van der Waals surface area contributed by atoms with Crippen LogP contribution in [0.5, 0.6) is 5.75 Å². The lowest BCUT2D eigenvalue weighted by atomic mass is 9.90. The van der Waals surface area contributed by atoms with Crippen LogP contribution < -0.4 is 26.4 Å². The van der Waals surface area contributed by atoms with Gasteiger partial charge in [0.2, 0.25) is 5.91 Å². The van der Waals surface area contributed by atoms with Gasteiger partial charge >= 0.3 is 6.03 Å². The summed E-state index contributed by atoms with van der Waals surface area (Å²) in [4.78, 5) is 23.8. The summed E-state index contributed by atoms with van der Waals surface area (Å²) in [6.45, 7) is 1.33. The van der Waals surface area contributed by atoms with Crippen molar-refractivity contribution in [3.63, 3.8) is 0 Å². The van der Waals surface area contributed by atoms with Crippen LogP contribution >= 0.6 is 0 Å². The van der Waals surface area contributed by atoms with Crippen LogP contribution in [0, 0.1) is 5.92 Å². The minimum atomic E-state index is -0.684. The fourth-order valence-electron chi connectivity index (χ4n) is 3.18. The van der Waals surface area contributed by atoms with Crippen LogP contribution in [0.4, 0.5) is 16.2 Å². The van der Waals surface area contributed by atoms with Crippen molar-refractivity contribution in [2.24, 2.45) is 18.7 Å². The van der Waals surface area contributed by atoms with Crippen molar-refractivity contribution in [2.75, 3.05) is 30.8 Å². The molecular weight excluding hydrogens is 336 g/mol. The number of anilines is 2. The van der Waals surface area contributed by atoms with E-state index in [-0.39, 0.29) is 17.7 Å². The second kappa shape index (κ2) is 7.44. The summed E-state index contributed by atoms with van der Waals surface area (Å²) < 4.78 is 6.98. The molecule has 2 heterocycles. The SMILES string of the molecule is COc1cc(NC(=O)[C@H]2CNC[C@@H]2c2cnn(C)c2)ccc1NC(N)=O. The standard InChI is InChI=1S/C17H22N6O3/c1-23-9-10(6-20-23)12-7-19-8-13(12)16(24)21-11-3-4-14(22-17(18)25)15(5-11)26-2/h3-6,9,12-13,19H,7-8H2,1-2H3,(H,21,24)(H3,18,22,25)/t12-,13+/m1/s1. The minimum Gasteiger partial charge on any atom is -0.494 e. The third kappa shape index (κ3) is 3.77. The van der Waals surface area contributed by atoms with E-state index in [9.17, 15) is 9.59 Å². The Morgan fingerprint density at radius 2 is 2.15 bits per heavy atom. The van der Waals surface area contributed by atoms with Gasteiger partial charge in [-0.1, -0.05) is 0 Å². The number of hydrogen-bond acceptors (Lipinski definition) is 5. The van der Waals surface area contributed by atoms with Gasteiger partial charge in [-0.3, -0.25) is 9.48 Å². The molecule has 0 bridgehead atoms. The summed E-state index contributed by atoms with van der Waals surface area (Å²) >= 11 is 0. The summed E-state index contributed by atoms with van der Waals surface area (Å²) in [6.07, 6.45) is 3.73. The maximum Gasteiger partial charge on any atom is 0.316 e. The van der Waals surface area contributed by atoms with Crippen LogP contribution in [0.1, 0.15) is 11.5 Å². The van der Waals surface area contributed by atoms with Crippen molar-refractivity contribution in [3.8, 4) is 5.75 Å². The summed E-state index contributed by atoms with van der Waals surface area (Å²) in [5, 5.41) is 12.8. The summed E-state index contributed by atoms with van der Waals surface area (Å²) in [7, 11) is 3.33. The number of nitrogens with one attached hydrogen (secondary N) is 3. The molecule has 0 spiro atoms. The fourth-order valence-corrected chi connectivity index (χ4v) is 3.18. The molecule has 1 aromatic heterocycles. The topological polar surface area (TPSA) is 123 Å². The van der Waals surface area contributed by atoms with E-state index in [1.54, 1.807) is 29.1 Å². The molecule has 1 aliphatic heterocycles. The van der Waals surface area contributed by atoms with Crippen molar-refractivity contribution < 1.29 is 14.3 Å². The van der Waals surface area contributed by atoms with Gasteiger partial charge < -0.3 is 26.4 Å². The van der Waals surface area contributed by atoms with Gasteiger partial charge in [-0.25, -0.2) is 4.79 Å². The predicted octanol–water partition coefficient (Wildman–Crippen LogP) is 0.861. The maximum atomic E-state index is 12.8. The van der Waals surface area contributed by atoms with Gasteiger partial charge in [0.05, 0.1) is 24.9 Å². The molecule has 1 fully saturated rings. The van der Waals surface area contributed by atoms with Gasteiger partial charge in [-0.2, -0.15) is 5.10 Å². The molecular formula is C17H22N6O3. The van der Waals surface area contributed by atoms with Crippen molar-refractivity contribution >= 4 is 23.3 Å². The fraction of sp³-hybridized carbons (Fsp3) is 0.353. The summed E-state index contributed by atoms with van der Waals surface area (Å²) in [6, 6.07) is 4.28. The Labute approximate surface area is 150 Å². The number of carbonyl (C=O) groups is 2. The second-order valence-electron chi connectivity index (χ2n) is 6.21. The lowest BCUT2D eigenvalue weighted by molar-refractivity contribution is -0.119. The molecule has 5 N–H and O–H groups in total. The van der Waals surface area contributed by atoms with Gasteiger partial charge in [-0.15, -0.1) is 0 Å². The van der Waals surface area contributed by atoms with Crippen LogP contribution in [0.15, 0.2) is 30.6 Å². The molecule has 0 radical (unpaired) electrons. The average molecular weight is 358 g/mol. The van der Waals surface area contributed by atoms with Gasteiger partial charge in [-0.05, 0) is 17.7 Å². The molecule has 0 saturated carbocycles. The van der Waals surface area contributed by atoms with Crippen molar-refractivity contribution in [2.45, 2.75) is 5.92 Å². The van der Waals surface area contributed by atoms with Crippen LogP contribution in [-0.4, -0.2) is 41.9 Å². The maximum absolute atomic E-state index is 12.8. The zero-order valence-electron chi connectivity index (χ0n) is 14.7. The number of hydrogen-bond donors (Lipinski definition) is 4. The highest BCUT2D eigenvalue weighted by Crippen LogP contribution is 2.31. The van der Waals surface area contributed by atoms with E-state index in [1.165, 1.54) is 7.11 Å². The molecule has 3 amide bonds. The number of rotatable bonds is 5. The highest BCUT2D eigenvalue weighted by atomic mass is 16.5. The lowest BCUT2D eigenvalue weighted by Gasteiger charge is -2.18. The molecule has 0 unspecified atom stereocenters. The second-order valence-corrected chi connectivity index (χ2v) is 6.21. The Bertz CT molecular complexity index is 819. The normalized spacial score (nSPS) is 19.2. The number of nitrogens with zero attached hydrogens (tertiary/aromatic N) is 2. The van der Waals surface area contributed by atoms with Gasteiger partial charge in [0.25, 0.3) is 0 Å². The first-order valence-corrected chi connectivity index (χ1v) is 8.22. The molecule has 2 atom stereocenters. The van der Waals surface area contributed by atoms with Gasteiger partial charge in [0, 0.05) is 44.0 Å². The van der Waals surface area contributed by atoms with E-state index < -0.39 is 6.03 Å². The Morgan fingerprint density at radius 1 is 1.35 bits per heavy atom. The summed E-state index contributed by atoms with van der Waals surface area (Å²) in [5.41, 5.74) is 7.19. The van der Waals surface area contributed by atoms with E-state index in [2.05, 4.69) is 21.0 Å². The molecule has 0 aliphatic carbocycles. The van der Waals surface area contributed by atoms with Crippen LogP contribution in [0.3, 0.4) is 0 Å². The number of nitrogens with two attached hydrogens (primary N) is 1. The number of benzene rings is 1. The minimum absolute atomic E-state index is 0.0707. The molecule has 9 nitrogen and oxygen atoms in total. The molecule has 1 saturated heterocycles. The van der Waals surface area contributed by atoms with Gasteiger partial charge in [0.15, 0.2) is 0 Å². The largest absolute Gasteiger partial charge is 0.494 e. The highest BCUT2D eigenvalue weighted by Gasteiger charge is 2.34. The van der Waals surface area contributed by atoms with E-state index >= 15 is 0 Å². The molecule has 9 heteroatoms. The number of carbonyl (C=O) groups excluding carboxylic acids is 2. The van der Waals surface area contributed by atoms with Crippen LogP contribution in [0.25, 0.3) is 0 Å². The molecule has 3 rings (SSSR count). The molecule has 2 aromatic rings. The number of amides is 3. The third-order valence-corrected chi connectivity index (χ3v) is 4.43. The van der Waals surface area contributed by atoms with Crippen molar-refractivity contribution in [3.05, 3.63) is 36.2 Å². The Hall–Kier alpha value is -3.07. The Balaban J connectivity index is 1.73. The predicted molar refractivity (Wildman–Crippen MR) is 97.1 cm³/mol. The zero-order valence-corrected chi connectivity index (χ0v) is 14.7. The lowest BCUT2D eigenvalue weighted by Crippen LogP contribution is -2.28. The van der Waals surface area contributed by atoms with Crippen LogP contribution in [0.2, 0.25) is 0 Å². The number of urea groups is 1. The van der Waals surface area contributed by atoms with Crippen molar-refractivity contribution in [1.82, 2.24) is 15.1 Å². The van der Waals surface area contributed by atoms with Crippen LogP contribution in [-0.2, 0) is 11.8 Å². The highest BCUT2D eigenvalue weighted by molar-refractivity contribution is 5.95. The molecule has 1 aromatic carbocycles. The number of aromatic nitrogens is 2. The Morgan fingerprint density at radius 3 is 2.81 bits per heavy atom. The number of methoxy groups -OCH3 is 1. The first-order chi connectivity index (χ1) is 12.5.